The Labute approximate surface area is 171 Å². The van der Waals surface area contributed by atoms with Crippen LogP contribution in [-0.2, 0) is 11.3 Å². The maximum Gasteiger partial charge on any atom is 0.190 e. The molecule has 0 radical (unpaired) electrons. The SMILES string of the molecule is CN=C(NCCCN1CCCN(C)CC1)NCC(C)COCc1ccccc1. The summed E-state index contributed by atoms with van der Waals surface area (Å²) in [5, 5.41) is 6.84. The minimum absolute atomic E-state index is 0.427. The lowest BCUT2D eigenvalue weighted by Crippen LogP contribution is -2.41. The zero-order valence-corrected chi connectivity index (χ0v) is 18.0. The Bertz CT molecular complexity index is 551. The maximum absolute atomic E-state index is 5.82. The van der Waals surface area contributed by atoms with Crippen LogP contribution in [0.4, 0.5) is 0 Å². The van der Waals surface area contributed by atoms with Crippen LogP contribution in [0.15, 0.2) is 35.3 Å². The molecule has 0 amide bonds. The normalized spacial score (nSPS) is 17.9. The molecule has 1 atom stereocenters. The lowest BCUT2D eigenvalue weighted by molar-refractivity contribution is 0.0931. The molecule has 2 N–H and O–H groups in total. The van der Waals surface area contributed by atoms with Gasteiger partial charge in [-0.25, -0.2) is 0 Å². The molecule has 0 aromatic heterocycles. The summed E-state index contributed by atoms with van der Waals surface area (Å²) in [5.74, 6) is 1.31. The molecule has 1 aliphatic heterocycles. The van der Waals surface area contributed by atoms with Crippen LogP contribution < -0.4 is 10.6 Å². The third kappa shape index (κ3) is 9.53. The molecule has 1 saturated heterocycles. The summed E-state index contributed by atoms with van der Waals surface area (Å²) in [5.41, 5.74) is 1.22. The van der Waals surface area contributed by atoms with Crippen molar-refractivity contribution < 1.29 is 4.74 Å². The molecule has 28 heavy (non-hydrogen) atoms. The number of benzene rings is 1. The smallest absolute Gasteiger partial charge is 0.190 e. The van der Waals surface area contributed by atoms with E-state index in [9.17, 15) is 0 Å². The number of aliphatic imine (C=N–C) groups is 1. The number of hydrogen-bond acceptors (Lipinski definition) is 4. The number of likely N-dealkylation sites (N-methyl/N-ethyl adjacent to an activating group) is 1. The highest BCUT2D eigenvalue weighted by atomic mass is 16.5. The van der Waals surface area contributed by atoms with Gasteiger partial charge in [0.15, 0.2) is 5.96 Å². The first-order chi connectivity index (χ1) is 13.7. The van der Waals surface area contributed by atoms with E-state index in [4.69, 9.17) is 4.74 Å². The molecule has 6 heteroatoms. The first-order valence-electron chi connectivity index (χ1n) is 10.6. The average molecular weight is 390 g/mol. The molecule has 1 fully saturated rings. The van der Waals surface area contributed by atoms with Crippen molar-refractivity contribution in [3.8, 4) is 0 Å². The first kappa shape index (κ1) is 22.7. The van der Waals surface area contributed by atoms with E-state index < -0.39 is 0 Å². The summed E-state index contributed by atoms with van der Waals surface area (Å²) in [6, 6.07) is 10.3. The second kappa shape index (κ2) is 13.5. The van der Waals surface area contributed by atoms with E-state index in [1.165, 1.54) is 38.2 Å². The molecule has 158 valence electrons. The highest BCUT2D eigenvalue weighted by Gasteiger charge is 2.11. The number of rotatable bonds is 10. The zero-order valence-electron chi connectivity index (χ0n) is 18.0. The number of nitrogens with one attached hydrogen (secondary N) is 2. The lowest BCUT2D eigenvalue weighted by atomic mass is 10.2. The van der Waals surface area contributed by atoms with Crippen LogP contribution in [-0.4, -0.2) is 82.3 Å². The minimum atomic E-state index is 0.427. The molecule has 0 saturated carbocycles. The Morgan fingerprint density at radius 3 is 2.75 bits per heavy atom. The first-order valence-corrected chi connectivity index (χ1v) is 10.6. The van der Waals surface area contributed by atoms with E-state index >= 15 is 0 Å². The van der Waals surface area contributed by atoms with Gasteiger partial charge >= 0.3 is 0 Å². The van der Waals surface area contributed by atoms with Crippen LogP contribution in [0.1, 0.15) is 25.3 Å². The second-order valence-corrected chi connectivity index (χ2v) is 7.84. The molecule has 2 rings (SSSR count). The molecule has 0 aliphatic carbocycles. The van der Waals surface area contributed by atoms with Gasteiger partial charge in [-0.2, -0.15) is 0 Å². The van der Waals surface area contributed by atoms with Gasteiger partial charge in [0.1, 0.15) is 0 Å². The summed E-state index contributed by atoms with van der Waals surface area (Å²) in [4.78, 5) is 9.33. The van der Waals surface area contributed by atoms with Crippen LogP contribution in [0.25, 0.3) is 0 Å². The molecular weight excluding hydrogens is 350 g/mol. The van der Waals surface area contributed by atoms with Gasteiger partial charge in [0.05, 0.1) is 13.2 Å². The third-order valence-electron chi connectivity index (χ3n) is 5.11. The fourth-order valence-electron chi connectivity index (χ4n) is 3.34. The molecule has 0 bridgehead atoms. The predicted octanol–water partition coefficient (Wildman–Crippen LogP) is 2.03. The van der Waals surface area contributed by atoms with Gasteiger partial charge in [-0.05, 0) is 51.0 Å². The average Bonchev–Trinajstić information content (AvgIpc) is 2.92. The van der Waals surface area contributed by atoms with Crippen molar-refractivity contribution in [2.45, 2.75) is 26.4 Å². The van der Waals surface area contributed by atoms with Crippen molar-refractivity contribution in [2.75, 3.05) is 66.5 Å². The number of hydrogen-bond donors (Lipinski definition) is 2. The number of ether oxygens (including phenoxy) is 1. The van der Waals surface area contributed by atoms with E-state index in [0.717, 1.165) is 38.6 Å². The van der Waals surface area contributed by atoms with Crippen LogP contribution >= 0.6 is 0 Å². The fourth-order valence-corrected chi connectivity index (χ4v) is 3.34. The summed E-state index contributed by atoms with van der Waals surface area (Å²) in [6.45, 7) is 11.4. The molecule has 1 aromatic rings. The summed E-state index contributed by atoms with van der Waals surface area (Å²) >= 11 is 0. The van der Waals surface area contributed by atoms with E-state index in [1.54, 1.807) is 0 Å². The van der Waals surface area contributed by atoms with Gasteiger partial charge in [0.25, 0.3) is 0 Å². The van der Waals surface area contributed by atoms with Gasteiger partial charge < -0.3 is 25.2 Å². The lowest BCUT2D eigenvalue weighted by Gasteiger charge is -2.20. The van der Waals surface area contributed by atoms with Crippen LogP contribution in [0.5, 0.6) is 0 Å². The monoisotopic (exact) mass is 389 g/mol. The van der Waals surface area contributed by atoms with E-state index in [1.807, 2.05) is 25.2 Å². The van der Waals surface area contributed by atoms with Crippen molar-refractivity contribution in [3.05, 3.63) is 35.9 Å². The Morgan fingerprint density at radius 1 is 1.14 bits per heavy atom. The quantitative estimate of drug-likeness (QED) is 0.364. The van der Waals surface area contributed by atoms with Crippen molar-refractivity contribution in [2.24, 2.45) is 10.9 Å². The molecule has 0 spiro atoms. The maximum atomic E-state index is 5.82. The summed E-state index contributed by atoms with van der Waals surface area (Å²) in [6.07, 6.45) is 2.41. The van der Waals surface area contributed by atoms with Crippen LogP contribution in [0, 0.1) is 5.92 Å². The van der Waals surface area contributed by atoms with Crippen LogP contribution in [0.2, 0.25) is 0 Å². The highest BCUT2D eigenvalue weighted by molar-refractivity contribution is 5.79. The fraction of sp³-hybridized carbons (Fsp3) is 0.682. The molecule has 1 heterocycles. The van der Waals surface area contributed by atoms with Crippen LogP contribution in [0.3, 0.4) is 0 Å². The Morgan fingerprint density at radius 2 is 1.96 bits per heavy atom. The van der Waals surface area contributed by atoms with Crippen molar-refractivity contribution in [1.29, 1.82) is 0 Å². The van der Waals surface area contributed by atoms with Gasteiger partial charge in [-0.15, -0.1) is 0 Å². The minimum Gasteiger partial charge on any atom is -0.376 e. The molecule has 1 unspecified atom stereocenters. The Kier molecular flexibility index (Phi) is 10.9. The largest absolute Gasteiger partial charge is 0.376 e. The zero-order chi connectivity index (χ0) is 20.0. The number of nitrogens with zero attached hydrogens (tertiary/aromatic N) is 3. The molecule has 1 aromatic carbocycles. The standard InChI is InChI=1S/C22H39N5O/c1-20(18-28-19-21-9-5-4-6-10-21)17-25-22(23-2)24-11-7-13-27-14-8-12-26(3)15-16-27/h4-6,9-10,20H,7-8,11-19H2,1-3H3,(H2,23,24,25). The molecular formula is C22H39N5O. The van der Waals surface area contributed by atoms with Gasteiger partial charge in [-0.3, -0.25) is 4.99 Å². The second-order valence-electron chi connectivity index (χ2n) is 7.84. The predicted molar refractivity (Wildman–Crippen MR) is 118 cm³/mol. The van der Waals surface area contributed by atoms with Gasteiger partial charge in [0.2, 0.25) is 0 Å². The van der Waals surface area contributed by atoms with Crippen molar-refractivity contribution in [1.82, 2.24) is 20.4 Å². The topological polar surface area (TPSA) is 52.1 Å². The number of guanidine groups is 1. The van der Waals surface area contributed by atoms with Crippen molar-refractivity contribution >= 4 is 5.96 Å². The summed E-state index contributed by atoms with van der Waals surface area (Å²) in [7, 11) is 4.05. The third-order valence-corrected chi connectivity index (χ3v) is 5.11. The molecule has 6 nitrogen and oxygen atoms in total. The highest BCUT2D eigenvalue weighted by Crippen LogP contribution is 2.03. The van der Waals surface area contributed by atoms with E-state index in [0.29, 0.717) is 12.5 Å². The van der Waals surface area contributed by atoms with E-state index in [2.05, 4.69) is 51.5 Å². The molecule has 1 aliphatic rings. The Balaban J connectivity index is 1.53. The van der Waals surface area contributed by atoms with Gasteiger partial charge in [0, 0.05) is 33.2 Å². The van der Waals surface area contributed by atoms with Crippen molar-refractivity contribution in [3.63, 3.8) is 0 Å². The summed E-state index contributed by atoms with van der Waals surface area (Å²) < 4.78 is 5.82. The van der Waals surface area contributed by atoms with Gasteiger partial charge in [-0.1, -0.05) is 37.3 Å². The Hall–Kier alpha value is -1.63. The van der Waals surface area contributed by atoms with E-state index in [-0.39, 0.29) is 0 Å².